The molecule has 1 rings (SSSR count). The van der Waals surface area contributed by atoms with Gasteiger partial charge in [0, 0.05) is 6.42 Å². The molecule has 0 aliphatic heterocycles. The SMILES string of the molecule is CCOC(=O)C1=C(O)CC=C(O)C1C(=O)OCC. The number of carbonyl (C=O) groups is 2. The number of ether oxygens (including phenoxy) is 2. The molecule has 6 nitrogen and oxygen atoms in total. The topological polar surface area (TPSA) is 93.1 Å². The number of hydrogen-bond acceptors (Lipinski definition) is 6. The second kappa shape index (κ2) is 6.09. The zero-order chi connectivity index (χ0) is 13.7. The normalized spacial score (nSPS) is 19.2. The Labute approximate surface area is 105 Å². The first-order valence-electron chi connectivity index (χ1n) is 5.67. The number of allylic oxidation sites excluding steroid dienone is 1. The third-order valence-electron chi connectivity index (χ3n) is 2.42. The molecule has 0 saturated carbocycles. The highest BCUT2D eigenvalue weighted by Gasteiger charge is 2.38. The van der Waals surface area contributed by atoms with Gasteiger partial charge < -0.3 is 19.7 Å². The van der Waals surface area contributed by atoms with Gasteiger partial charge in [-0.25, -0.2) is 4.79 Å². The molecule has 0 radical (unpaired) electrons. The maximum absolute atomic E-state index is 11.7. The number of aliphatic hydroxyl groups is 2. The lowest BCUT2D eigenvalue weighted by molar-refractivity contribution is -0.150. The minimum atomic E-state index is -1.31. The van der Waals surface area contributed by atoms with Gasteiger partial charge in [-0.2, -0.15) is 0 Å². The van der Waals surface area contributed by atoms with Crippen LogP contribution in [0.15, 0.2) is 23.2 Å². The first-order chi connectivity index (χ1) is 8.52. The van der Waals surface area contributed by atoms with Crippen LogP contribution in [-0.2, 0) is 19.1 Å². The molecule has 0 saturated heterocycles. The van der Waals surface area contributed by atoms with Crippen molar-refractivity contribution in [3.8, 4) is 0 Å². The van der Waals surface area contributed by atoms with Gasteiger partial charge in [0.2, 0.25) is 0 Å². The quantitative estimate of drug-likeness (QED) is 0.738. The van der Waals surface area contributed by atoms with Crippen LogP contribution in [0.5, 0.6) is 0 Å². The van der Waals surface area contributed by atoms with E-state index in [2.05, 4.69) is 0 Å². The summed E-state index contributed by atoms with van der Waals surface area (Å²) < 4.78 is 9.52. The summed E-state index contributed by atoms with van der Waals surface area (Å²) in [6.07, 6.45) is 1.25. The lowest BCUT2D eigenvalue weighted by Gasteiger charge is -2.21. The molecule has 6 heteroatoms. The maximum Gasteiger partial charge on any atom is 0.338 e. The lowest BCUT2D eigenvalue weighted by atomic mass is 9.90. The number of carbonyl (C=O) groups excluding carboxylic acids is 2. The molecule has 0 aromatic heterocycles. The van der Waals surface area contributed by atoms with Crippen molar-refractivity contribution < 1.29 is 29.3 Å². The number of esters is 2. The second-order valence-electron chi connectivity index (χ2n) is 3.60. The second-order valence-corrected chi connectivity index (χ2v) is 3.60. The van der Waals surface area contributed by atoms with E-state index in [-0.39, 0.29) is 36.7 Å². The standard InChI is InChI=1S/C12H16O6/c1-3-17-11(15)9-7(13)5-6-8(14)10(9)12(16)18-4-2/h5,9,13-14H,3-4,6H2,1-2H3. The zero-order valence-corrected chi connectivity index (χ0v) is 10.3. The molecule has 0 amide bonds. The largest absolute Gasteiger partial charge is 0.511 e. The Bertz CT molecular complexity index is 407. The van der Waals surface area contributed by atoms with Crippen LogP contribution in [0.4, 0.5) is 0 Å². The summed E-state index contributed by atoms with van der Waals surface area (Å²) in [5, 5.41) is 19.4. The van der Waals surface area contributed by atoms with Crippen LogP contribution in [0, 0.1) is 5.92 Å². The third-order valence-corrected chi connectivity index (χ3v) is 2.42. The molecule has 0 spiro atoms. The summed E-state index contributed by atoms with van der Waals surface area (Å²) >= 11 is 0. The number of hydrogen-bond donors (Lipinski definition) is 2. The minimum absolute atomic E-state index is 0.0180. The fourth-order valence-corrected chi connectivity index (χ4v) is 1.65. The Balaban J connectivity index is 3.07. The third kappa shape index (κ3) is 2.82. The molecular weight excluding hydrogens is 240 g/mol. The van der Waals surface area contributed by atoms with Gasteiger partial charge in [-0.3, -0.25) is 4.79 Å². The molecule has 100 valence electrons. The average molecular weight is 256 g/mol. The molecule has 0 aromatic carbocycles. The number of rotatable bonds is 4. The summed E-state index contributed by atoms with van der Waals surface area (Å²) in [5.74, 6) is -3.52. The van der Waals surface area contributed by atoms with Gasteiger partial charge in [0.05, 0.1) is 18.8 Å². The predicted molar refractivity (Wildman–Crippen MR) is 61.7 cm³/mol. The van der Waals surface area contributed by atoms with Crippen molar-refractivity contribution in [1.29, 1.82) is 0 Å². The van der Waals surface area contributed by atoms with Crippen LogP contribution in [-0.4, -0.2) is 35.4 Å². The van der Waals surface area contributed by atoms with Gasteiger partial charge >= 0.3 is 11.9 Å². The molecule has 18 heavy (non-hydrogen) atoms. The van der Waals surface area contributed by atoms with E-state index in [1.54, 1.807) is 13.8 Å². The highest BCUT2D eigenvalue weighted by Crippen LogP contribution is 2.30. The Hall–Kier alpha value is -1.98. The summed E-state index contributed by atoms with van der Waals surface area (Å²) in [7, 11) is 0. The van der Waals surface area contributed by atoms with Crippen molar-refractivity contribution in [1.82, 2.24) is 0 Å². The van der Waals surface area contributed by atoms with Crippen molar-refractivity contribution in [2.24, 2.45) is 5.92 Å². The van der Waals surface area contributed by atoms with Gasteiger partial charge in [0.1, 0.15) is 17.4 Å². The van der Waals surface area contributed by atoms with E-state index < -0.39 is 17.9 Å². The van der Waals surface area contributed by atoms with Crippen molar-refractivity contribution >= 4 is 11.9 Å². The highest BCUT2D eigenvalue weighted by atomic mass is 16.5. The Kier molecular flexibility index (Phi) is 4.76. The van der Waals surface area contributed by atoms with Crippen molar-refractivity contribution in [2.75, 3.05) is 13.2 Å². The van der Waals surface area contributed by atoms with Gasteiger partial charge in [-0.05, 0) is 19.9 Å². The summed E-state index contributed by atoms with van der Waals surface area (Å²) in [4.78, 5) is 23.4. The van der Waals surface area contributed by atoms with E-state index in [9.17, 15) is 19.8 Å². The molecule has 1 unspecified atom stereocenters. The van der Waals surface area contributed by atoms with Gasteiger partial charge in [-0.15, -0.1) is 0 Å². The Morgan fingerprint density at radius 1 is 1.28 bits per heavy atom. The fourth-order valence-electron chi connectivity index (χ4n) is 1.65. The van der Waals surface area contributed by atoms with Gasteiger partial charge in [-0.1, -0.05) is 0 Å². The zero-order valence-electron chi connectivity index (χ0n) is 10.3. The van der Waals surface area contributed by atoms with Crippen LogP contribution < -0.4 is 0 Å². The van der Waals surface area contributed by atoms with E-state index in [1.165, 1.54) is 6.08 Å². The van der Waals surface area contributed by atoms with Crippen molar-refractivity contribution in [2.45, 2.75) is 20.3 Å². The Morgan fingerprint density at radius 2 is 1.89 bits per heavy atom. The molecular formula is C12H16O6. The van der Waals surface area contributed by atoms with E-state index >= 15 is 0 Å². The molecule has 0 heterocycles. The molecule has 0 aromatic rings. The van der Waals surface area contributed by atoms with Gasteiger partial charge in [0.15, 0.2) is 0 Å². The average Bonchev–Trinajstić information content (AvgIpc) is 2.32. The first-order valence-corrected chi connectivity index (χ1v) is 5.67. The summed E-state index contributed by atoms with van der Waals surface area (Å²) in [5.41, 5.74) is -0.254. The smallest absolute Gasteiger partial charge is 0.338 e. The molecule has 1 aliphatic rings. The van der Waals surface area contributed by atoms with Crippen molar-refractivity contribution in [3.05, 3.63) is 23.2 Å². The Morgan fingerprint density at radius 3 is 2.44 bits per heavy atom. The monoisotopic (exact) mass is 256 g/mol. The molecule has 2 N–H and O–H groups in total. The van der Waals surface area contributed by atoms with Crippen LogP contribution >= 0.6 is 0 Å². The van der Waals surface area contributed by atoms with Crippen LogP contribution in [0.3, 0.4) is 0 Å². The van der Waals surface area contributed by atoms with Gasteiger partial charge in [0.25, 0.3) is 0 Å². The molecule has 0 bridgehead atoms. The van der Waals surface area contributed by atoms with E-state index in [4.69, 9.17) is 9.47 Å². The van der Waals surface area contributed by atoms with E-state index in [1.807, 2.05) is 0 Å². The fraction of sp³-hybridized carbons (Fsp3) is 0.500. The molecule has 1 atom stereocenters. The van der Waals surface area contributed by atoms with Crippen LogP contribution in [0.1, 0.15) is 20.3 Å². The summed E-state index contributed by atoms with van der Waals surface area (Å²) in [6, 6.07) is 0. The molecule has 0 fully saturated rings. The van der Waals surface area contributed by atoms with Crippen molar-refractivity contribution in [3.63, 3.8) is 0 Å². The van der Waals surface area contributed by atoms with E-state index in [0.717, 1.165) is 0 Å². The van der Waals surface area contributed by atoms with Crippen LogP contribution in [0.2, 0.25) is 0 Å². The van der Waals surface area contributed by atoms with E-state index in [0.29, 0.717) is 0 Å². The highest BCUT2D eigenvalue weighted by molar-refractivity contribution is 5.97. The first kappa shape index (κ1) is 14.1. The number of aliphatic hydroxyl groups excluding tert-OH is 2. The predicted octanol–water partition coefficient (Wildman–Crippen LogP) is 1.39. The minimum Gasteiger partial charge on any atom is -0.511 e. The van der Waals surface area contributed by atoms with Crippen LogP contribution in [0.25, 0.3) is 0 Å². The lowest BCUT2D eigenvalue weighted by Crippen LogP contribution is -2.30. The maximum atomic E-state index is 11.7. The summed E-state index contributed by atoms with van der Waals surface area (Å²) in [6.45, 7) is 3.43. The molecule has 1 aliphatic carbocycles.